The first-order valence-electron chi connectivity index (χ1n) is 4.24. The topological polar surface area (TPSA) is 80.9 Å². The van der Waals surface area contributed by atoms with E-state index in [4.69, 9.17) is 5.73 Å². The van der Waals surface area contributed by atoms with Crippen LogP contribution in [-0.4, -0.2) is 32.2 Å². The Kier molecular flexibility index (Phi) is 3.82. The molecule has 1 rings (SSSR count). The van der Waals surface area contributed by atoms with Gasteiger partial charge in [0.05, 0.1) is 0 Å². The highest BCUT2D eigenvalue weighted by Crippen LogP contribution is 2.03. The predicted molar refractivity (Wildman–Crippen MR) is 58.5 cm³/mol. The van der Waals surface area contributed by atoms with Crippen molar-refractivity contribution >= 4 is 22.6 Å². The van der Waals surface area contributed by atoms with Crippen molar-refractivity contribution in [2.24, 2.45) is 0 Å². The van der Waals surface area contributed by atoms with Crippen molar-refractivity contribution in [2.75, 3.05) is 23.9 Å². The summed E-state index contributed by atoms with van der Waals surface area (Å²) >= 11 is 0. The van der Waals surface area contributed by atoms with Crippen LogP contribution in [0, 0.1) is 0 Å². The Morgan fingerprint density at radius 1 is 1.71 bits per heavy atom. The maximum Gasteiger partial charge on any atom is 0.221 e. The van der Waals surface area contributed by atoms with Crippen LogP contribution >= 0.6 is 0 Å². The summed E-state index contributed by atoms with van der Waals surface area (Å²) in [6.07, 6.45) is 3.26. The smallest absolute Gasteiger partial charge is 0.221 e. The van der Waals surface area contributed by atoms with Gasteiger partial charge in [0.1, 0.15) is 5.82 Å². The number of nitrogen functional groups attached to an aromatic ring is 1. The van der Waals surface area contributed by atoms with Crippen LogP contribution in [0.3, 0.4) is 0 Å². The lowest BCUT2D eigenvalue weighted by Crippen LogP contribution is -2.21. The van der Waals surface area contributed by atoms with Crippen LogP contribution in [0.1, 0.15) is 6.92 Å². The molecule has 0 aliphatic carbocycles. The Labute approximate surface area is 85.6 Å². The average Bonchev–Trinajstić information content (AvgIpc) is 2.14. The van der Waals surface area contributed by atoms with Gasteiger partial charge in [0.25, 0.3) is 0 Å². The molecule has 0 amide bonds. The minimum atomic E-state index is -0.826. The van der Waals surface area contributed by atoms with Gasteiger partial charge in [-0.3, -0.25) is 4.21 Å². The third-order valence-corrected chi connectivity index (χ3v) is 3.11. The molecule has 0 radical (unpaired) electrons. The summed E-state index contributed by atoms with van der Waals surface area (Å²) in [5, 5.41) is 3.13. The lowest BCUT2D eigenvalue weighted by molar-refractivity contribution is 0.679. The van der Waals surface area contributed by atoms with Crippen LogP contribution in [0.15, 0.2) is 12.3 Å². The Morgan fingerprint density at radius 3 is 3.00 bits per heavy atom. The van der Waals surface area contributed by atoms with Crippen molar-refractivity contribution in [3.8, 4) is 0 Å². The zero-order valence-electron chi connectivity index (χ0n) is 8.23. The average molecular weight is 214 g/mol. The summed E-state index contributed by atoms with van der Waals surface area (Å²) in [5.74, 6) is 0.898. The van der Waals surface area contributed by atoms with Crippen molar-refractivity contribution < 1.29 is 4.21 Å². The largest absolute Gasteiger partial charge is 0.369 e. The standard InChI is InChI=1S/C8H14N4OS/c1-6(14(2)13)5-11-7-3-4-10-8(9)12-7/h3-4,6H,5H2,1-2H3,(H3,9,10,11,12). The van der Waals surface area contributed by atoms with Crippen LogP contribution < -0.4 is 11.1 Å². The molecular weight excluding hydrogens is 200 g/mol. The highest BCUT2D eigenvalue weighted by atomic mass is 32.2. The summed E-state index contributed by atoms with van der Waals surface area (Å²) < 4.78 is 11.0. The van der Waals surface area contributed by atoms with Gasteiger partial charge >= 0.3 is 0 Å². The van der Waals surface area contributed by atoms with Crippen molar-refractivity contribution in [3.63, 3.8) is 0 Å². The van der Waals surface area contributed by atoms with Crippen molar-refractivity contribution in [1.29, 1.82) is 0 Å². The van der Waals surface area contributed by atoms with Gasteiger partial charge in [0, 0.05) is 35.0 Å². The Bertz CT molecular complexity index is 331. The molecule has 2 unspecified atom stereocenters. The number of nitrogens with two attached hydrogens (primary N) is 1. The monoisotopic (exact) mass is 214 g/mol. The molecule has 0 spiro atoms. The molecule has 1 aromatic heterocycles. The third-order valence-electron chi connectivity index (χ3n) is 1.81. The molecule has 1 heterocycles. The lowest BCUT2D eigenvalue weighted by Gasteiger charge is -2.09. The number of hydrogen-bond donors (Lipinski definition) is 2. The molecule has 5 nitrogen and oxygen atoms in total. The van der Waals surface area contributed by atoms with Gasteiger partial charge < -0.3 is 11.1 Å². The van der Waals surface area contributed by atoms with E-state index in [2.05, 4.69) is 15.3 Å². The van der Waals surface area contributed by atoms with Gasteiger partial charge in [0.2, 0.25) is 5.95 Å². The summed E-state index contributed by atoms with van der Waals surface area (Å²) in [6.45, 7) is 2.52. The minimum Gasteiger partial charge on any atom is -0.369 e. The van der Waals surface area contributed by atoms with Crippen LogP contribution in [0.4, 0.5) is 11.8 Å². The normalized spacial score (nSPS) is 14.7. The van der Waals surface area contributed by atoms with Crippen LogP contribution in [-0.2, 0) is 10.8 Å². The number of nitrogens with zero attached hydrogens (tertiary/aromatic N) is 2. The number of nitrogens with one attached hydrogen (secondary N) is 1. The lowest BCUT2D eigenvalue weighted by atomic mass is 10.4. The molecule has 0 saturated heterocycles. The molecule has 0 bridgehead atoms. The van der Waals surface area contributed by atoms with Gasteiger partial charge in [-0.25, -0.2) is 4.98 Å². The highest BCUT2D eigenvalue weighted by molar-refractivity contribution is 7.84. The number of aromatic nitrogens is 2. The summed E-state index contributed by atoms with van der Waals surface area (Å²) in [4.78, 5) is 7.73. The SMILES string of the molecule is CC(CNc1ccnc(N)n1)S(C)=O. The molecule has 0 fully saturated rings. The van der Waals surface area contributed by atoms with E-state index in [1.165, 1.54) is 0 Å². The number of rotatable bonds is 4. The summed E-state index contributed by atoms with van der Waals surface area (Å²) in [6, 6.07) is 1.72. The second-order valence-electron chi connectivity index (χ2n) is 2.99. The van der Waals surface area contributed by atoms with E-state index in [0.29, 0.717) is 12.4 Å². The first-order valence-corrected chi connectivity index (χ1v) is 5.86. The molecule has 0 aliphatic rings. The second-order valence-corrected chi connectivity index (χ2v) is 4.79. The second kappa shape index (κ2) is 4.90. The zero-order valence-corrected chi connectivity index (χ0v) is 9.04. The van der Waals surface area contributed by atoms with Crippen LogP contribution in [0.5, 0.6) is 0 Å². The third kappa shape index (κ3) is 3.29. The Morgan fingerprint density at radius 2 is 2.43 bits per heavy atom. The van der Waals surface area contributed by atoms with E-state index in [0.717, 1.165) is 0 Å². The van der Waals surface area contributed by atoms with Crippen molar-refractivity contribution in [3.05, 3.63) is 12.3 Å². The van der Waals surface area contributed by atoms with Crippen molar-refractivity contribution in [1.82, 2.24) is 9.97 Å². The van der Waals surface area contributed by atoms with E-state index >= 15 is 0 Å². The predicted octanol–water partition coefficient (Wildman–Crippen LogP) is 0.238. The van der Waals surface area contributed by atoms with E-state index in [-0.39, 0.29) is 11.2 Å². The molecule has 0 saturated carbocycles. The van der Waals surface area contributed by atoms with E-state index in [9.17, 15) is 4.21 Å². The quantitative estimate of drug-likeness (QED) is 0.750. The van der Waals surface area contributed by atoms with Crippen molar-refractivity contribution in [2.45, 2.75) is 12.2 Å². The molecule has 1 aromatic rings. The fourth-order valence-corrected chi connectivity index (χ4v) is 1.16. The van der Waals surface area contributed by atoms with Crippen LogP contribution in [0.25, 0.3) is 0 Å². The number of anilines is 2. The summed E-state index contributed by atoms with van der Waals surface area (Å²) in [7, 11) is -0.826. The molecule has 6 heteroatoms. The molecule has 78 valence electrons. The van der Waals surface area contributed by atoms with Gasteiger partial charge in [0.15, 0.2) is 0 Å². The molecule has 3 N–H and O–H groups in total. The van der Waals surface area contributed by atoms with Crippen LogP contribution in [0.2, 0.25) is 0 Å². The summed E-state index contributed by atoms with van der Waals surface area (Å²) in [5.41, 5.74) is 5.40. The Balaban J connectivity index is 2.49. The first kappa shape index (κ1) is 10.9. The zero-order chi connectivity index (χ0) is 10.6. The first-order chi connectivity index (χ1) is 6.59. The van der Waals surface area contributed by atoms with Gasteiger partial charge in [-0.1, -0.05) is 0 Å². The fourth-order valence-electron chi connectivity index (χ4n) is 0.838. The molecule has 0 aromatic carbocycles. The van der Waals surface area contributed by atoms with Gasteiger partial charge in [-0.15, -0.1) is 0 Å². The van der Waals surface area contributed by atoms with E-state index in [1.807, 2.05) is 6.92 Å². The van der Waals surface area contributed by atoms with Gasteiger partial charge in [-0.05, 0) is 13.0 Å². The number of hydrogen-bond acceptors (Lipinski definition) is 5. The molecule has 14 heavy (non-hydrogen) atoms. The van der Waals surface area contributed by atoms with E-state index in [1.54, 1.807) is 18.5 Å². The molecular formula is C8H14N4OS. The van der Waals surface area contributed by atoms with E-state index < -0.39 is 10.8 Å². The minimum absolute atomic E-state index is 0.0891. The van der Waals surface area contributed by atoms with Gasteiger partial charge in [-0.2, -0.15) is 4.98 Å². The Hall–Kier alpha value is -1.17. The fraction of sp³-hybridized carbons (Fsp3) is 0.500. The molecule has 2 atom stereocenters. The maximum absolute atomic E-state index is 11.0. The maximum atomic E-state index is 11.0. The molecule has 0 aliphatic heterocycles. The highest BCUT2D eigenvalue weighted by Gasteiger charge is 2.05.